The maximum absolute atomic E-state index is 4.19. The molecule has 0 radical (unpaired) electrons. The lowest BCUT2D eigenvalue weighted by Gasteiger charge is -2.32. The molecule has 96 valence electrons. The van der Waals surface area contributed by atoms with E-state index in [4.69, 9.17) is 0 Å². The minimum Gasteiger partial charge on any atom is -0.316 e. The van der Waals surface area contributed by atoms with E-state index in [1.807, 2.05) is 0 Å². The molecule has 3 atom stereocenters. The summed E-state index contributed by atoms with van der Waals surface area (Å²) in [5, 5.41) is 3.42. The van der Waals surface area contributed by atoms with Crippen molar-refractivity contribution >= 4 is 12.6 Å². The molecule has 1 aliphatic rings. The lowest BCUT2D eigenvalue weighted by atomic mass is 9.73. The molecule has 16 heavy (non-hydrogen) atoms. The Morgan fingerprint density at radius 3 is 2.69 bits per heavy atom. The smallest absolute Gasteiger partial charge is 0.00397 e. The lowest BCUT2D eigenvalue weighted by Crippen LogP contribution is -2.22. The first-order valence-electron chi connectivity index (χ1n) is 7.05. The van der Waals surface area contributed by atoms with Gasteiger partial charge in [0.1, 0.15) is 0 Å². The number of thiol groups is 1. The van der Waals surface area contributed by atoms with Crippen molar-refractivity contribution in [1.29, 1.82) is 0 Å². The third-order valence-corrected chi connectivity index (χ3v) is 4.32. The Labute approximate surface area is 107 Å². The van der Waals surface area contributed by atoms with Gasteiger partial charge in [0.2, 0.25) is 0 Å². The third kappa shape index (κ3) is 5.58. The van der Waals surface area contributed by atoms with Crippen LogP contribution in [0.25, 0.3) is 0 Å². The summed E-state index contributed by atoms with van der Waals surface area (Å²) in [6.45, 7) is 7.11. The number of hydrogen-bond donors (Lipinski definition) is 2. The van der Waals surface area contributed by atoms with E-state index < -0.39 is 0 Å². The quantitative estimate of drug-likeness (QED) is 0.513. The van der Waals surface area contributed by atoms with E-state index in [9.17, 15) is 0 Å². The van der Waals surface area contributed by atoms with Crippen LogP contribution in [0, 0.1) is 17.8 Å². The molecule has 0 aliphatic heterocycles. The van der Waals surface area contributed by atoms with Crippen LogP contribution in [0.4, 0.5) is 0 Å². The van der Waals surface area contributed by atoms with Crippen molar-refractivity contribution < 1.29 is 0 Å². The van der Waals surface area contributed by atoms with Gasteiger partial charge in [-0.25, -0.2) is 0 Å². The van der Waals surface area contributed by atoms with Gasteiger partial charge >= 0.3 is 0 Å². The molecule has 0 unspecified atom stereocenters. The van der Waals surface area contributed by atoms with E-state index in [0.717, 1.165) is 30.1 Å². The molecule has 1 aliphatic carbocycles. The van der Waals surface area contributed by atoms with E-state index in [-0.39, 0.29) is 0 Å². The molecule has 0 aromatic rings. The standard InChI is InChI=1S/C14H29NS/c1-12-6-7-13(2)14(11-12)5-3-4-8-15-9-10-16/h12-16H,3-11H2,1-2H3/t12-,13-,14+/m1/s1. The molecule has 0 spiro atoms. The highest BCUT2D eigenvalue weighted by Crippen LogP contribution is 2.36. The van der Waals surface area contributed by atoms with Crippen LogP contribution in [0.1, 0.15) is 52.4 Å². The van der Waals surface area contributed by atoms with E-state index in [2.05, 4.69) is 31.8 Å². The molecule has 0 heterocycles. The first kappa shape index (κ1) is 14.4. The van der Waals surface area contributed by atoms with Crippen LogP contribution in [-0.4, -0.2) is 18.8 Å². The van der Waals surface area contributed by atoms with Crippen LogP contribution in [0.5, 0.6) is 0 Å². The summed E-state index contributed by atoms with van der Waals surface area (Å²) in [6.07, 6.45) is 8.59. The maximum Gasteiger partial charge on any atom is 0.00397 e. The van der Waals surface area contributed by atoms with Gasteiger partial charge in [-0.1, -0.05) is 39.5 Å². The summed E-state index contributed by atoms with van der Waals surface area (Å²) in [5.74, 6) is 3.91. The highest BCUT2D eigenvalue weighted by atomic mass is 32.1. The molecule has 0 aromatic carbocycles. The molecule has 0 amide bonds. The van der Waals surface area contributed by atoms with Crippen LogP contribution in [0.15, 0.2) is 0 Å². The van der Waals surface area contributed by atoms with Crippen LogP contribution in [0.2, 0.25) is 0 Å². The zero-order valence-corrected chi connectivity index (χ0v) is 11.9. The Balaban J connectivity index is 2.02. The van der Waals surface area contributed by atoms with Crippen LogP contribution in [-0.2, 0) is 0 Å². The highest BCUT2D eigenvalue weighted by molar-refractivity contribution is 7.80. The average Bonchev–Trinajstić information content (AvgIpc) is 2.28. The molecule has 1 saturated carbocycles. The number of rotatable bonds is 7. The fraction of sp³-hybridized carbons (Fsp3) is 1.00. The monoisotopic (exact) mass is 243 g/mol. The number of unbranched alkanes of at least 4 members (excludes halogenated alkanes) is 1. The van der Waals surface area contributed by atoms with Crippen molar-refractivity contribution in [2.24, 2.45) is 17.8 Å². The fourth-order valence-electron chi connectivity index (χ4n) is 2.91. The number of hydrogen-bond acceptors (Lipinski definition) is 2. The van der Waals surface area contributed by atoms with Gasteiger partial charge in [-0.3, -0.25) is 0 Å². The largest absolute Gasteiger partial charge is 0.316 e. The van der Waals surface area contributed by atoms with Gasteiger partial charge in [0.25, 0.3) is 0 Å². The topological polar surface area (TPSA) is 12.0 Å². The van der Waals surface area contributed by atoms with Gasteiger partial charge in [-0.15, -0.1) is 0 Å². The summed E-state index contributed by atoms with van der Waals surface area (Å²) in [6, 6.07) is 0. The van der Waals surface area contributed by atoms with Gasteiger partial charge in [0.15, 0.2) is 0 Å². The Morgan fingerprint density at radius 2 is 1.94 bits per heavy atom. The number of nitrogens with one attached hydrogen (secondary N) is 1. The predicted molar refractivity (Wildman–Crippen MR) is 76.2 cm³/mol. The van der Waals surface area contributed by atoms with Gasteiger partial charge in [-0.05, 0) is 37.1 Å². The molecular formula is C14H29NS. The van der Waals surface area contributed by atoms with Crippen molar-refractivity contribution in [3.8, 4) is 0 Å². The minimum atomic E-state index is 0.956. The predicted octanol–water partition coefficient (Wildman–Crippen LogP) is 3.75. The van der Waals surface area contributed by atoms with E-state index >= 15 is 0 Å². The summed E-state index contributed by atoms with van der Waals surface area (Å²) in [4.78, 5) is 0. The Bertz CT molecular complexity index is 172. The molecule has 1 N–H and O–H groups in total. The van der Waals surface area contributed by atoms with Crippen molar-refractivity contribution in [3.63, 3.8) is 0 Å². The van der Waals surface area contributed by atoms with Crippen molar-refractivity contribution in [2.45, 2.75) is 52.4 Å². The maximum atomic E-state index is 4.19. The molecule has 1 fully saturated rings. The van der Waals surface area contributed by atoms with E-state index in [1.165, 1.54) is 45.1 Å². The molecule has 2 heteroatoms. The Morgan fingerprint density at radius 1 is 1.12 bits per heavy atom. The van der Waals surface area contributed by atoms with E-state index in [0.29, 0.717) is 0 Å². The second-order valence-electron chi connectivity index (χ2n) is 5.62. The molecule has 0 bridgehead atoms. The first-order valence-corrected chi connectivity index (χ1v) is 7.69. The SMILES string of the molecule is C[C@@H]1CC[C@@H](C)[C@@H](CCCCNCCS)C1. The molecule has 0 saturated heterocycles. The normalized spacial score (nSPS) is 30.6. The molecule has 0 aromatic heterocycles. The first-order chi connectivity index (χ1) is 7.74. The Hall–Kier alpha value is 0.310. The summed E-state index contributed by atoms with van der Waals surface area (Å²) < 4.78 is 0. The molecule has 1 rings (SSSR count). The summed E-state index contributed by atoms with van der Waals surface area (Å²) in [5.41, 5.74) is 0. The van der Waals surface area contributed by atoms with Gasteiger partial charge in [0, 0.05) is 12.3 Å². The fourth-order valence-corrected chi connectivity index (χ4v) is 3.07. The minimum absolute atomic E-state index is 0.956. The lowest BCUT2D eigenvalue weighted by molar-refractivity contribution is 0.189. The van der Waals surface area contributed by atoms with Gasteiger partial charge in [-0.2, -0.15) is 12.6 Å². The summed E-state index contributed by atoms with van der Waals surface area (Å²) in [7, 11) is 0. The van der Waals surface area contributed by atoms with Crippen molar-refractivity contribution in [3.05, 3.63) is 0 Å². The van der Waals surface area contributed by atoms with Crippen LogP contribution >= 0.6 is 12.6 Å². The zero-order chi connectivity index (χ0) is 11.8. The average molecular weight is 243 g/mol. The molecule has 1 nitrogen and oxygen atoms in total. The van der Waals surface area contributed by atoms with E-state index in [1.54, 1.807) is 0 Å². The third-order valence-electron chi connectivity index (χ3n) is 4.09. The van der Waals surface area contributed by atoms with Crippen molar-refractivity contribution in [2.75, 3.05) is 18.8 Å². The molecular weight excluding hydrogens is 214 g/mol. The summed E-state index contributed by atoms with van der Waals surface area (Å²) >= 11 is 4.19. The second kappa shape index (κ2) is 8.41. The Kier molecular flexibility index (Phi) is 7.55. The zero-order valence-electron chi connectivity index (χ0n) is 11.0. The second-order valence-corrected chi connectivity index (χ2v) is 6.07. The van der Waals surface area contributed by atoms with Gasteiger partial charge < -0.3 is 5.32 Å². The van der Waals surface area contributed by atoms with Crippen LogP contribution in [0.3, 0.4) is 0 Å². The van der Waals surface area contributed by atoms with Crippen molar-refractivity contribution in [1.82, 2.24) is 5.32 Å². The van der Waals surface area contributed by atoms with Gasteiger partial charge in [0.05, 0.1) is 0 Å². The highest BCUT2D eigenvalue weighted by Gasteiger charge is 2.24. The van der Waals surface area contributed by atoms with Crippen LogP contribution < -0.4 is 5.32 Å².